The van der Waals surface area contributed by atoms with Crippen LogP contribution in [-0.2, 0) is 14.9 Å². The first-order chi connectivity index (χ1) is 10.7. The van der Waals surface area contributed by atoms with Crippen molar-refractivity contribution < 1.29 is 14.3 Å². The summed E-state index contributed by atoms with van der Waals surface area (Å²) in [6.07, 6.45) is 0. The first-order valence-electron chi connectivity index (χ1n) is 7.62. The molecule has 128 valence electrons. The van der Waals surface area contributed by atoms with Gasteiger partial charge in [0.2, 0.25) is 0 Å². The van der Waals surface area contributed by atoms with Crippen molar-refractivity contribution in [3.05, 3.63) is 35.4 Å². The van der Waals surface area contributed by atoms with Crippen LogP contribution < -0.4 is 10.7 Å². The van der Waals surface area contributed by atoms with Crippen molar-refractivity contribution in [2.24, 2.45) is 0 Å². The summed E-state index contributed by atoms with van der Waals surface area (Å²) in [6, 6.07) is 7.43. The quantitative estimate of drug-likeness (QED) is 0.743. The summed E-state index contributed by atoms with van der Waals surface area (Å²) in [5, 5.41) is 4.23. The molecule has 0 saturated carbocycles. The number of hydrazine groups is 1. The number of hydrogen-bond donors (Lipinski definition) is 2. The maximum Gasteiger partial charge on any atom is 0.253 e. The molecule has 0 heterocycles. The maximum absolute atomic E-state index is 12.0. The summed E-state index contributed by atoms with van der Waals surface area (Å²) >= 11 is 0. The van der Waals surface area contributed by atoms with Gasteiger partial charge in [0.05, 0.1) is 13.2 Å². The van der Waals surface area contributed by atoms with Gasteiger partial charge in [-0.2, -0.15) is 0 Å². The number of carbonyl (C=O) groups excluding carboxylic acids is 2. The van der Waals surface area contributed by atoms with Gasteiger partial charge in [-0.25, -0.2) is 5.01 Å². The molecule has 1 rings (SSSR count). The topological polar surface area (TPSA) is 70.7 Å². The minimum absolute atomic E-state index is 0.0433. The predicted octanol–water partition coefficient (Wildman–Crippen LogP) is 1.32. The van der Waals surface area contributed by atoms with E-state index in [1.807, 2.05) is 12.1 Å². The van der Waals surface area contributed by atoms with E-state index in [9.17, 15) is 9.59 Å². The fraction of sp³-hybridized carbons (Fsp3) is 0.529. The molecule has 2 N–H and O–H groups in total. The fourth-order valence-electron chi connectivity index (χ4n) is 1.92. The molecule has 0 atom stereocenters. The highest BCUT2D eigenvalue weighted by Gasteiger charge is 2.14. The molecule has 1 aromatic carbocycles. The molecule has 0 aliphatic carbocycles. The average Bonchev–Trinajstić information content (AvgIpc) is 2.49. The largest absolute Gasteiger partial charge is 0.383 e. The van der Waals surface area contributed by atoms with Gasteiger partial charge < -0.3 is 10.1 Å². The second-order valence-corrected chi connectivity index (χ2v) is 6.46. The number of nitrogens with zero attached hydrogens (tertiary/aromatic N) is 1. The molecule has 0 saturated heterocycles. The van der Waals surface area contributed by atoms with Crippen molar-refractivity contribution in [3.63, 3.8) is 0 Å². The number of benzene rings is 1. The molecule has 2 amide bonds. The monoisotopic (exact) mass is 321 g/mol. The SMILES string of the molecule is COCCN(C)NC(=O)CNC(=O)c1ccc(C(C)(C)C)cc1. The number of ether oxygens (including phenoxy) is 1. The van der Waals surface area contributed by atoms with Crippen LogP contribution >= 0.6 is 0 Å². The van der Waals surface area contributed by atoms with E-state index in [1.54, 1.807) is 31.3 Å². The van der Waals surface area contributed by atoms with Crippen LogP contribution in [0.15, 0.2) is 24.3 Å². The van der Waals surface area contributed by atoms with Gasteiger partial charge in [-0.05, 0) is 23.1 Å². The Hall–Kier alpha value is -1.92. The normalized spacial score (nSPS) is 11.4. The Morgan fingerprint density at radius 3 is 2.30 bits per heavy atom. The molecule has 6 nitrogen and oxygen atoms in total. The molecule has 0 unspecified atom stereocenters. The van der Waals surface area contributed by atoms with Gasteiger partial charge in [0.25, 0.3) is 11.8 Å². The van der Waals surface area contributed by atoms with Gasteiger partial charge in [-0.15, -0.1) is 0 Å². The van der Waals surface area contributed by atoms with E-state index in [0.717, 1.165) is 5.56 Å². The smallest absolute Gasteiger partial charge is 0.253 e. The van der Waals surface area contributed by atoms with Crippen LogP contribution in [0, 0.1) is 0 Å². The lowest BCUT2D eigenvalue weighted by molar-refractivity contribution is -0.124. The lowest BCUT2D eigenvalue weighted by atomic mass is 9.87. The van der Waals surface area contributed by atoms with Crippen LogP contribution in [0.2, 0.25) is 0 Å². The molecule has 0 fully saturated rings. The van der Waals surface area contributed by atoms with E-state index in [-0.39, 0.29) is 23.8 Å². The van der Waals surface area contributed by atoms with Crippen molar-refractivity contribution in [3.8, 4) is 0 Å². The number of hydrogen-bond acceptors (Lipinski definition) is 4. The molecule has 23 heavy (non-hydrogen) atoms. The van der Waals surface area contributed by atoms with Crippen LogP contribution in [0.5, 0.6) is 0 Å². The van der Waals surface area contributed by atoms with Gasteiger partial charge in [-0.1, -0.05) is 32.9 Å². The molecule has 0 aliphatic heterocycles. The third-order valence-electron chi connectivity index (χ3n) is 3.37. The molecule has 0 bridgehead atoms. The summed E-state index contributed by atoms with van der Waals surface area (Å²) in [7, 11) is 3.34. The zero-order chi connectivity index (χ0) is 17.5. The number of carbonyl (C=O) groups is 2. The van der Waals surface area contributed by atoms with Crippen molar-refractivity contribution in [2.75, 3.05) is 33.9 Å². The van der Waals surface area contributed by atoms with Crippen molar-refractivity contribution in [1.29, 1.82) is 0 Å². The minimum Gasteiger partial charge on any atom is -0.383 e. The maximum atomic E-state index is 12.0. The van der Waals surface area contributed by atoms with E-state index >= 15 is 0 Å². The Kier molecular flexibility index (Phi) is 7.19. The van der Waals surface area contributed by atoms with Gasteiger partial charge >= 0.3 is 0 Å². The average molecular weight is 321 g/mol. The van der Waals surface area contributed by atoms with E-state index < -0.39 is 0 Å². The summed E-state index contributed by atoms with van der Waals surface area (Å²) in [4.78, 5) is 23.8. The molecule has 1 aromatic rings. The zero-order valence-corrected chi connectivity index (χ0v) is 14.6. The number of amides is 2. The van der Waals surface area contributed by atoms with E-state index in [4.69, 9.17) is 4.74 Å². The second-order valence-electron chi connectivity index (χ2n) is 6.46. The molecular weight excluding hydrogens is 294 g/mol. The van der Waals surface area contributed by atoms with Crippen molar-refractivity contribution in [1.82, 2.24) is 15.8 Å². The molecule has 0 aliphatic rings. The lowest BCUT2D eigenvalue weighted by Crippen LogP contribution is -2.45. The lowest BCUT2D eigenvalue weighted by Gasteiger charge is -2.19. The summed E-state index contributed by atoms with van der Waals surface area (Å²) in [5.41, 5.74) is 4.39. The molecule has 0 spiro atoms. The number of rotatable bonds is 7. The van der Waals surface area contributed by atoms with E-state index in [1.165, 1.54) is 0 Å². The predicted molar refractivity (Wildman–Crippen MR) is 90.1 cm³/mol. The van der Waals surface area contributed by atoms with Crippen LogP contribution in [0.3, 0.4) is 0 Å². The van der Waals surface area contributed by atoms with Gasteiger partial charge in [0.1, 0.15) is 0 Å². The summed E-state index contributed by atoms with van der Waals surface area (Å²) in [6.45, 7) is 7.37. The fourth-order valence-corrected chi connectivity index (χ4v) is 1.92. The Bertz CT molecular complexity index is 521. The van der Waals surface area contributed by atoms with Crippen LogP contribution in [0.25, 0.3) is 0 Å². The number of nitrogens with one attached hydrogen (secondary N) is 2. The van der Waals surface area contributed by atoms with Gasteiger partial charge in [-0.3, -0.25) is 15.0 Å². The van der Waals surface area contributed by atoms with Crippen LogP contribution in [0.4, 0.5) is 0 Å². The Morgan fingerprint density at radius 2 is 1.78 bits per heavy atom. The van der Waals surface area contributed by atoms with Crippen LogP contribution in [-0.4, -0.2) is 50.7 Å². The number of likely N-dealkylation sites (N-methyl/N-ethyl adjacent to an activating group) is 1. The third kappa shape index (κ3) is 6.80. The minimum atomic E-state index is -0.275. The molecule has 6 heteroatoms. The van der Waals surface area contributed by atoms with Gasteiger partial charge in [0.15, 0.2) is 0 Å². The Balaban J connectivity index is 2.46. The number of methoxy groups -OCH3 is 1. The molecular formula is C17H27N3O3. The zero-order valence-electron chi connectivity index (χ0n) is 14.6. The third-order valence-corrected chi connectivity index (χ3v) is 3.37. The molecule has 0 aromatic heterocycles. The summed E-state index contributed by atoms with van der Waals surface area (Å²) < 4.78 is 4.92. The Morgan fingerprint density at radius 1 is 1.17 bits per heavy atom. The summed E-state index contributed by atoms with van der Waals surface area (Å²) in [5.74, 6) is -0.539. The first kappa shape index (κ1) is 19.1. The van der Waals surface area contributed by atoms with Crippen LogP contribution in [0.1, 0.15) is 36.7 Å². The van der Waals surface area contributed by atoms with Gasteiger partial charge in [0, 0.05) is 26.3 Å². The Labute approximate surface area is 138 Å². The highest BCUT2D eigenvalue weighted by atomic mass is 16.5. The highest BCUT2D eigenvalue weighted by Crippen LogP contribution is 2.22. The molecule has 0 radical (unpaired) electrons. The van der Waals surface area contributed by atoms with E-state index in [0.29, 0.717) is 18.7 Å². The van der Waals surface area contributed by atoms with E-state index in [2.05, 4.69) is 31.5 Å². The second kappa shape index (κ2) is 8.64. The van der Waals surface area contributed by atoms with Crippen molar-refractivity contribution in [2.45, 2.75) is 26.2 Å². The van der Waals surface area contributed by atoms with Crippen molar-refractivity contribution >= 4 is 11.8 Å². The highest BCUT2D eigenvalue weighted by molar-refractivity contribution is 5.96. The first-order valence-corrected chi connectivity index (χ1v) is 7.62. The standard InChI is InChI=1S/C17H27N3O3/c1-17(2,3)14-8-6-13(7-9-14)16(22)18-12-15(21)19-20(4)10-11-23-5/h6-9H,10-12H2,1-5H3,(H,18,22)(H,19,21).